The third-order valence-electron chi connectivity index (χ3n) is 2.30. The molecule has 0 fully saturated rings. The van der Waals surface area contributed by atoms with Crippen molar-refractivity contribution in [3.8, 4) is 0 Å². The van der Waals surface area contributed by atoms with Gasteiger partial charge in [0.15, 0.2) is 0 Å². The van der Waals surface area contributed by atoms with Crippen LogP contribution in [0.3, 0.4) is 0 Å². The lowest BCUT2D eigenvalue weighted by Crippen LogP contribution is -2.12. The molecule has 0 saturated heterocycles. The number of amides is 1. The molecule has 0 aliphatic rings. The molecule has 0 atom stereocenters. The van der Waals surface area contributed by atoms with Gasteiger partial charge in [0.25, 0.3) is 5.91 Å². The summed E-state index contributed by atoms with van der Waals surface area (Å²) in [5.41, 5.74) is 1.08. The van der Waals surface area contributed by atoms with E-state index in [-0.39, 0.29) is 5.91 Å². The monoisotopic (exact) mass is 391 g/mol. The van der Waals surface area contributed by atoms with Gasteiger partial charge >= 0.3 is 0 Å². The Morgan fingerprint density at radius 2 is 1.78 bits per heavy atom. The molecule has 5 heteroatoms. The van der Waals surface area contributed by atoms with Gasteiger partial charge in [-0.05, 0) is 52.9 Å². The Kier molecular flexibility index (Phi) is 4.48. The molecule has 0 aliphatic heterocycles. The Morgan fingerprint density at radius 3 is 2.44 bits per heavy atom. The summed E-state index contributed by atoms with van der Waals surface area (Å²) in [6.07, 6.45) is 0. The molecule has 1 amide bonds. The molecule has 18 heavy (non-hydrogen) atoms. The molecule has 0 radical (unpaired) electrons. The Balaban J connectivity index is 2.22. The molecule has 0 unspecified atom stereocenters. The maximum absolute atomic E-state index is 12.0. The van der Waals surface area contributed by atoms with E-state index in [9.17, 15) is 4.79 Å². The molecule has 2 aromatic rings. The van der Waals surface area contributed by atoms with Crippen LogP contribution < -0.4 is 5.32 Å². The highest BCUT2D eigenvalue weighted by Gasteiger charge is 2.09. The molecule has 1 N–H and O–H groups in total. The number of para-hydroxylation sites is 1. The largest absolute Gasteiger partial charge is 0.321 e. The van der Waals surface area contributed by atoms with Gasteiger partial charge in [0.05, 0.1) is 15.7 Å². The molecule has 0 spiro atoms. The van der Waals surface area contributed by atoms with E-state index in [0.717, 1.165) is 3.57 Å². The van der Waals surface area contributed by atoms with Crippen molar-refractivity contribution in [2.24, 2.45) is 0 Å². The van der Waals surface area contributed by atoms with Crippen LogP contribution in [0.25, 0.3) is 0 Å². The van der Waals surface area contributed by atoms with Gasteiger partial charge in [0, 0.05) is 9.13 Å². The van der Waals surface area contributed by atoms with Crippen LogP contribution in [0.5, 0.6) is 0 Å². The molecule has 0 aromatic heterocycles. The number of halogens is 3. The van der Waals surface area contributed by atoms with Gasteiger partial charge in [-0.1, -0.05) is 35.3 Å². The number of anilines is 1. The molecule has 2 aromatic carbocycles. The SMILES string of the molecule is O=C(Nc1ccccc1Cl)c1ccc(I)c(Cl)c1. The van der Waals surface area contributed by atoms with Crippen LogP contribution in [-0.2, 0) is 0 Å². The van der Waals surface area contributed by atoms with E-state index in [1.54, 1.807) is 36.4 Å². The van der Waals surface area contributed by atoms with Gasteiger partial charge < -0.3 is 5.32 Å². The summed E-state index contributed by atoms with van der Waals surface area (Å²) in [4.78, 5) is 12.0. The first-order chi connectivity index (χ1) is 8.58. The first-order valence-electron chi connectivity index (χ1n) is 5.09. The van der Waals surface area contributed by atoms with Gasteiger partial charge in [-0.25, -0.2) is 0 Å². The average Bonchev–Trinajstić information content (AvgIpc) is 2.35. The molecule has 2 rings (SSSR count). The van der Waals surface area contributed by atoms with Gasteiger partial charge in [0.1, 0.15) is 0 Å². The average molecular weight is 392 g/mol. The van der Waals surface area contributed by atoms with Gasteiger partial charge in [0.2, 0.25) is 0 Å². The van der Waals surface area contributed by atoms with E-state index in [1.807, 2.05) is 6.07 Å². The molecular weight excluding hydrogens is 384 g/mol. The first kappa shape index (κ1) is 13.6. The summed E-state index contributed by atoms with van der Waals surface area (Å²) in [6.45, 7) is 0. The van der Waals surface area contributed by atoms with Crippen molar-refractivity contribution in [2.45, 2.75) is 0 Å². The van der Waals surface area contributed by atoms with E-state index < -0.39 is 0 Å². The minimum atomic E-state index is -0.235. The van der Waals surface area contributed by atoms with E-state index in [0.29, 0.717) is 21.3 Å². The van der Waals surface area contributed by atoms with E-state index >= 15 is 0 Å². The van der Waals surface area contributed by atoms with Crippen molar-refractivity contribution < 1.29 is 4.79 Å². The van der Waals surface area contributed by atoms with Gasteiger partial charge in [-0.15, -0.1) is 0 Å². The van der Waals surface area contributed by atoms with Crippen LogP contribution in [0, 0.1) is 3.57 Å². The second-order valence-electron chi connectivity index (χ2n) is 3.56. The predicted molar refractivity (Wildman–Crippen MR) is 83.6 cm³/mol. The lowest BCUT2D eigenvalue weighted by molar-refractivity contribution is 0.102. The van der Waals surface area contributed by atoms with Crippen LogP contribution in [0.15, 0.2) is 42.5 Å². The second-order valence-corrected chi connectivity index (χ2v) is 5.54. The van der Waals surface area contributed by atoms with Crippen molar-refractivity contribution in [3.05, 3.63) is 61.6 Å². The number of hydrogen-bond acceptors (Lipinski definition) is 1. The molecule has 92 valence electrons. The minimum absolute atomic E-state index is 0.235. The summed E-state index contributed by atoms with van der Waals surface area (Å²) >= 11 is 14.1. The van der Waals surface area contributed by atoms with Crippen molar-refractivity contribution in [3.63, 3.8) is 0 Å². The highest BCUT2D eigenvalue weighted by atomic mass is 127. The standard InChI is InChI=1S/C13H8Cl2INO/c14-9-3-1-2-4-12(9)17-13(18)8-5-6-11(16)10(15)7-8/h1-7H,(H,17,18). The van der Waals surface area contributed by atoms with Gasteiger partial charge in [-0.2, -0.15) is 0 Å². The summed E-state index contributed by atoms with van der Waals surface area (Å²) in [5.74, 6) is -0.235. The van der Waals surface area contributed by atoms with E-state index in [4.69, 9.17) is 23.2 Å². The molecule has 0 saturated carbocycles. The number of benzene rings is 2. The smallest absolute Gasteiger partial charge is 0.255 e. The molecule has 2 nitrogen and oxygen atoms in total. The fourth-order valence-electron chi connectivity index (χ4n) is 1.39. The van der Waals surface area contributed by atoms with Gasteiger partial charge in [-0.3, -0.25) is 4.79 Å². The summed E-state index contributed by atoms with van der Waals surface area (Å²) in [7, 11) is 0. The number of carbonyl (C=O) groups is 1. The summed E-state index contributed by atoms with van der Waals surface area (Å²) < 4.78 is 0.906. The molecular formula is C13H8Cl2INO. The maximum atomic E-state index is 12.0. The minimum Gasteiger partial charge on any atom is -0.321 e. The Bertz CT molecular complexity index is 601. The molecule has 0 bridgehead atoms. The quantitative estimate of drug-likeness (QED) is 0.728. The van der Waals surface area contributed by atoms with Crippen molar-refractivity contribution in [1.29, 1.82) is 0 Å². The van der Waals surface area contributed by atoms with E-state index in [1.165, 1.54) is 0 Å². The fraction of sp³-hybridized carbons (Fsp3) is 0. The maximum Gasteiger partial charge on any atom is 0.255 e. The zero-order valence-corrected chi connectivity index (χ0v) is 12.8. The number of hydrogen-bond donors (Lipinski definition) is 1. The number of rotatable bonds is 2. The summed E-state index contributed by atoms with van der Waals surface area (Å²) in [5, 5.41) is 3.80. The topological polar surface area (TPSA) is 29.1 Å². The van der Waals surface area contributed by atoms with Crippen LogP contribution >= 0.6 is 45.8 Å². The zero-order valence-electron chi connectivity index (χ0n) is 9.08. The summed E-state index contributed by atoms with van der Waals surface area (Å²) in [6, 6.07) is 12.2. The Morgan fingerprint density at radius 1 is 1.06 bits per heavy atom. The third kappa shape index (κ3) is 3.16. The van der Waals surface area contributed by atoms with Crippen molar-refractivity contribution in [1.82, 2.24) is 0 Å². The third-order valence-corrected chi connectivity index (χ3v) is 4.21. The first-order valence-corrected chi connectivity index (χ1v) is 6.92. The fourth-order valence-corrected chi connectivity index (χ4v) is 2.09. The van der Waals surface area contributed by atoms with Crippen LogP contribution in [-0.4, -0.2) is 5.91 Å². The zero-order chi connectivity index (χ0) is 13.1. The lowest BCUT2D eigenvalue weighted by atomic mass is 10.2. The Labute approximate surface area is 128 Å². The van der Waals surface area contributed by atoms with Crippen LogP contribution in [0.2, 0.25) is 10.0 Å². The predicted octanol–water partition coefficient (Wildman–Crippen LogP) is 4.85. The van der Waals surface area contributed by atoms with E-state index in [2.05, 4.69) is 27.9 Å². The molecule has 0 aliphatic carbocycles. The van der Waals surface area contributed by atoms with Crippen molar-refractivity contribution >= 4 is 57.4 Å². The second kappa shape index (κ2) is 5.91. The lowest BCUT2D eigenvalue weighted by Gasteiger charge is -2.07. The Hall–Kier alpha value is -0.780. The number of nitrogens with one attached hydrogen (secondary N) is 1. The highest BCUT2D eigenvalue weighted by molar-refractivity contribution is 14.1. The number of carbonyl (C=O) groups excluding carboxylic acids is 1. The van der Waals surface area contributed by atoms with Crippen LogP contribution in [0.1, 0.15) is 10.4 Å². The van der Waals surface area contributed by atoms with Crippen LogP contribution in [0.4, 0.5) is 5.69 Å². The normalized spacial score (nSPS) is 10.2. The molecule has 0 heterocycles. The highest BCUT2D eigenvalue weighted by Crippen LogP contribution is 2.23. The van der Waals surface area contributed by atoms with Crippen molar-refractivity contribution in [2.75, 3.05) is 5.32 Å².